The highest BCUT2D eigenvalue weighted by atomic mass is 35.5. The summed E-state index contributed by atoms with van der Waals surface area (Å²) in [5.41, 5.74) is 0.301. The Morgan fingerprint density at radius 2 is 1.82 bits per heavy atom. The molecule has 4 heteroatoms. The van der Waals surface area contributed by atoms with Crippen LogP contribution in [0.2, 0.25) is 5.02 Å². The van der Waals surface area contributed by atoms with Gasteiger partial charge in [-0.2, -0.15) is 0 Å². The van der Waals surface area contributed by atoms with Gasteiger partial charge in [0.15, 0.2) is 5.78 Å². The number of rotatable bonds is 2. The van der Waals surface area contributed by atoms with Gasteiger partial charge >= 0.3 is 0 Å². The zero-order valence-electron chi connectivity index (χ0n) is 8.65. The van der Waals surface area contributed by atoms with E-state index in [0.717, 1.165) is 12.1 Å². The zero-order chi connectivity index (χ0) is 12.4. The maximum atomic E-state index is 12.8. The lowest BCUT2D eigenvalue weighted by Crippen LogP contribution is -2.02. The van der Waals surface area contributed by atoms with Gasteiger partial charge in [-0.15, -0.1) is 0 Å². The van der Waals surface area contributed by atoms with E-state index in [4.69, 9.17) is 11.6 Å². The Labute approximate surface area is 102 Å². The molecule has 0 fully saturated rings. The van der Waals surface area contributed by atoms with Crippen molar-refractivity contribution in [2.45, 2.75) is 0 Å². The monoisotopic (exact) mass is 250 g/mol. The maximum Gasteiger partial charge on any atom is 0.198 e. The van der Waals surface area contributed by atoms with E-state index in [0.29, 0.717) is 5.02 Å². The maximum absolute atomic E-state index is 12.8. The van der Waals surface area contributed by atoms with Gasteiger partial charge in [-0.1, -0.05) is 23.7 Å². The second-order valence-electron chi connectivity index (χ2n) is 3.47. The van der Waals surface area contributed by atoms with Crippen LogP contribution in [0.4, 0.5) is 4.39 Å². The fraction of sp³-hybridized carbons (Fsp3) is 0. The first kappa shape index (κ1) is 11.6. The third-order valence-electron chi connectivity index (χ3n) is 2.32. The van der Waals surface area contributed by atoms with E-state index in [1.807, 2.05) is 0 Å². The van der Waals surface area contributed by atoms with Gasteiger partial charge in [-0.3, -0.25) is 4.79 Å². The first-order valence-corrected chi connectivity index (χ1v) is 5.25. The van der Waals surface area contributed by atoms with Crippen molar-refractivity contribution in [3.05, 3.63) is 64.4 Å². The average Bonchev–Trinajstić information content (AvgIpc) is 2.29. The van der Waals surface area contributed by atoms with E-state index in [9.17, 15) is 14.3 Å². The fourth-order valence-corrected chi connectivity index (χ4v) is 1.71. The van der Waals surface area contributed by atoms with Crippen LogP contribution in [-0.4, -0.2) is 10.9 Å². The lowest BCUT2D eigenvalue weighted by molar-refractivity contribution is 0.103. The minimum absolute atomic E-state index is 0.0273. The van der Waals surface area contributed by atoms with Crippen LogP contribution in [0, 0.1) is 5.82 Å². The van der Waals surface area contributed by atoms with Crippen LogP contribution in [0.15, 0.2) is 42.5 Å². The molecule has 0 saturated carbocycles. The molecular formula is C13H8ClFO2. The van der Waals surface area contributed by atoms with Gasteiger partial charge in [0.1, 0.15) is 11.6 Å². The quantitative estimate of drug-likeness (QED) is 0.830. The van der Waals surface area contributed by atoms with Crippen LogP contribution in [0.3, 0.4) is 0 Å². The van der Waals surface area contributed by atoms with Gasteiger partial charge < -0.3 is 5.11 Å². The van der Waals surface area contributed by atoms with Crippen molar-refractivity contribution in [3.8, 4) is 5.75 Å². The number of carbonyl (C=O) groups is 1. The molecule has 0 atom stereocenters. The number of halogens is 2. The third kappa shape index (κ3) is 2.29. The summed E-state index contributed by atoms with van der Waals surface area (Å²) in [6.45, 7) is 0. The number of phenolic OH excluding ortho intramolecular Hbond substituents is 1. The fourth-order valence-electron chi connectivity index (χ4n) is 1.49. The third-order valence-corrected chi connectivity index (χ3v) is 2.65. The Morgan fingerprint density at radius 3 is 2.47 bits per heavy atom. The van der Waals surface area contributed by atoms with Crippen molar-refractivity contribution in [2.75, 3.05) is 0 Å². The van der Waals surface area contributed by atoms with Crippen molar-refractivity contribution < 1.29 is 14.3 Å². The molecule has 0 bridgehead atoms. The van der Waals surface area contributed by atoms with Gasteiger partial charge in [-0.25, -0.2) is 4.39 Å². The molecule has 0 radical (unpaired) electrons. The summed E-state index contributed by atoms with van der Waals surface area (Å²) in [7, 11) is 0. The normalized spacial score (nSPS) is 10.2. The summed E-state index contributed by atoms with van der Waals surface area (Å²) in [4.78, 5) is 12.0. The van der Waals surface area contributed by atoms with Gasteiger partial charge in [0.05, 0.1) is 10.6 Å². The highest BCUT2D eigenvalue weighted by molar-refractivity contribution is 6.35. The summed E-state index contributed by atoms with van der Waals surface area (Å²) in [5.74, 6) is -1.43. The first-order chi connectivity index (χ1) is 8.09. The highest BCUT2D eigenvalue weighted by Crippen LogP contribution is 2.24. The number of hydrogen-bond acceptors (Lipinski definition) is 2. The number of carbonyl (C=O) groups excluding carboxylic acids is 1. The standard InChI is InChI=1S/C13H8ClFO2/c14-11-4-2-1-3-9(11)13(17)10-6-5-8(15)7-12(10)16/h1-7,16H. The summed E-state index contributed by atoms with van der Waals surface area (Å²) >= 11 is 5.88. The number of benzene rings is 2. The van der Waals surface area contributed by atoms with Crippen molar-refractivity contribution in [1.29, 1.82) is 0 Å². The minimum atomic E-state index is -0.599. The predicted octanol–water partition coefficient (Wildman–Crippen LogP) is 3.42. The lowest BCUT2D eigenvalue weighted by Gasteiger charge is -2.05. The molecule has 0 unspecified atom stereocenters. The Balaban J connectivity index is 2.48. The number of aromatic hydroxyl groups is 1. The molecule has 0 saturated heterocycles. The molecule has 0 heterocycles. The van der Waals surface area contributed by atoms with Crippen molar-refractivity contribution >= 4 is 17.4 Å². The van der Waals surface area contributed by atoms with Crippen LogP contribution in [0.5, 0.6) is 5.75 Å². The van der Waals surface area contributed by atoms with E-state index in [1.54, 1.807) is 24.3 Å². The SMILES string of the molecule is O=C(c1ccc(F)cc1O)c1ccccc1Cl. The molecule has 2 aromatic carbocycles. The number of ketones is 1. The van der Waals surface area contributed by atoms with E-state index < -0.39 is 17.3 Å². The van der Waals surface area contributed by atoms with Crippen LogP contribution in [0.25, 0.3) is 0 Å². The average molecular weight is 251 g/mol. The molecule has 0 aliphatic heterocycles. The zero-order valence-corrected chi connectivity index (χ0v) is 9.41. The summed E-state index contributed by atoms with van der Waals surface area (Å²) < 4.78 is 12.8. The van der Waals surface area contributed by atoms with E-state index >= 15 is 0 Å². The molecule has 17 heavy (non-hydrogen) atoms. The Morgan fingerprint density at radius 1 is 1.12 bits per heavy atom. The highest BCUT2D eigenvalue weighted by Gasteiger charge is 2.16. The molecule has 2 nitrogen and oxygen atoms in total. The summed E-state index contributed by atoms with van der Waals surface area (Å²) in [6.07, 6.45) is 0. The second-order valence-corrected chi connectivity index (χ2v) is 3.88. The van der Waals surface area contributed by atoms with Crippen molar-refractivity contribution in [1.82, 2.24) is 0 Å². The predicted molar refractivity (Wildman–Crippen MR) is 62.9 cm³/mol. The van der Waals surface area contributed by atoms with Crippen LogP contribution in [-0.2, 0) is 0 Å². The van der Waals surface area contributed by atoms with E-state index in [-0.39, 0.29) is 11.1 Å². The lowest BCUT2D eigenvalue weighted by atomic mass is 10.0. The molecule has 0 spiro atoms. The molecule has 86 valence electrons. The number of phenols is 1. The van der Waals surface area contributed by atoms with Crippen LogP contribution >= 0.6 is 11.6 Å². The molecular weight excluding hydrogens is 243 g/mol. The topological polar surface area (TPSA) is 37.3 Å². The summed E-state index contributed by atoms with van der Waals surface area (Å²) in [6, 6.07) is 9.73. The molecule has 0 aliphatic carbocycles. The molecule has 1 N–H and O–H groups in total. The molecule has 0 aliphatic rings. The van der Waals surface area contributed by atoms with Gasteiger partial charge in [-0.05, 0) is 24.3 Å². The van der Waals surface area contributed by atoms with E-state index in [2.05, 4.69) is 0 Å². The molecule has 0 aromatic heterocycles. The van der Waals surface area contributed by atoms with Gasteiger partial charge in [0.2, 0.25) is 0 Å². The van der Waals surface area contributed by atoms with Crippen molar-refractivity contribution in [2.24, 2.45) is 0 Å². The van der Waals surface area contributed by atoms with Gasteiger partial charge in [0, 0.05) is 11.6 Å². The van der Waals surface area contributed by atoms with Crippen molar-refractivity contribution in [3.63, 3.8) is 0 Å². The second kappa shape index (κ2) is 4.55. The van der Waals surface area contributed by atoms with Crippen LogP contribution < -0.4 is 0 Å². The molecule has 0 amide bonds. The van der Waals surface area contributed by atoms with Gasteiger partial charge in [0.25, 0.3) is 0 Å². The summed E-state index contributed by atoms with van der Waals surface area (Å²) in [5, 5.41) is 9.80. The Kier molecular flexibility index (Phi) is 3.11. The largest absolute Gasteiger partial charge is 0.507 e. The van der Waals surface area contributed by atoms with E-state index in [1.165, 1.54) is 6.07 Å². The Bertz CT molecular complexity index is 581. The smallest absolute Gasteiger partial charge is 0.198 e. The Hall–Kier alpha value is -1.87. The molecule has 2 aromatic rings. The van der Waals surface area contributed by atoms with Crippen LogP contribution in [0.1, 0.15) is 15.9 Å². The number of hydrogen-bond donors (Lipinski definition) is 1. The molecule has 2 rings (SSSR count). The first-order valence-electron chi connectivity index (χ1n) is 4.87. The minimum Gasteiger partial charge on any atom is -0.507 e.